The lowest BCUT2D eigenvalue weighted by Crippen LogP contribution is -2.13. The summed E-state index contributed by atoms with van der Waals surface area (Å²) < 4.78 is 26.5. The van der Waals surface area contributed by atoms with Gasteiger partial charge in [0.2, 0.25) is 0 Å². The number of nitro benzene ring substituents is 1. The van der Waals surface area contributed by atoms with E-state index in [1.807, 2.05) is 0 Å². The van der Waals surface area contributed by atoms with Crippen molar-refractivity contribution < 1.29 is 13.3 Å². The average Bonchev–Trinajstić information content (AvgIpc) is 2.40. The molecular formula is C12H10ClN3O4S. The smallest absolute Gasteiger partial charge is 0.289 e. The Morgan fingerprint density at radius 2 is 1.90 bits per heavy atom. The molecule has 0 heterocycles. The highest BCUT2D eigenvalue weighted by Crippen LogP contribution is 2.28. The van der Waals surface area contributed by atoms with Crippen molar-refractivity contribution in [1.29, 1.82) is 0 Å². The molecule has 0 aliphatic rings. The van der Waals surface area contributed by atoms with E-state index in [4.69, 9.17) is 17.3 Å². The van der Waals surface area contributed by atoms with Gasteiger partial charge >= 0.3 is 0 Å². The number of benzene rings is 2. The second-order valence-electron chi connectivity index (χ2n) is 4.10. The third-order valence-corrected chi connectivity index (χ3v) is 4.26. The largest absolute Gasteiger partial charge is 0.399 e. The fourth-order valence-electron chi connectivity index (χ4n) is 1.61. The Labute approximate surface area is 125 Å². The molecule has 3 N–H and O–H groups in total. The topological polar surface area (TPSA) is 115 Å². The summed E-state index contributed by atoms with van der Waals surface area (Å²) in [5, 5.41) is 10.7. The van der Waals surface area contributed by atoms with Crippen LogP contribution in [-0.2, 0) is 10.0 Å². The van der Waals surface area contributed by atoms with Crippen LogP contribution in [0.5, 0.6) is 0 Å². The second-order valence-corrected chi connectivity index (χ2v) is 6.19. The number of hydrogen-bond acceptors (Lipinski definition) is 5. The monoisotopic (exact) mass is 327 g/mol. The van der Waals surface area contributed by atoms with E-state index < -0.39 is 14.9 Å². The zero-order valence-corrected chi connectivity index (χ0v) is 12.1. The highest BCUT2D eigenvalue weighted by atomic mass is 35.5. The van der Waals surface area contributed by atoms with E-state index in [0.717, 1.165) is 6.07 Å². The third kappa shape index (κ3) is 3.41. The molecule has 0 bridgehead atoms. The molecule has 0 atom stereocenters. The molecule has 9 heteroatoms. The molecule has 2 aromatic rings. The van der Waals surface area contributed by atoms with Crippen LogP contribution in [0.15, 0.2) is 47.4 Å². The van der Waals surface area contributed by atoms with Gasteiger partial charge in [-0.1, -0.05) is 17.7 Å². The van der Waals surface area contributed by atoms with Crippen LogP contribution >= 0.6 is 11.6 Å². The summed E-state index contributed by atoms with van der Waals surface area (Å²) in [6.07, 6.45) is 0. The molecule has 7 nitrogen and oxygen atoms in total. The second kappa shape index (κ2) is 5.58. The number of nitrogens with zero attached hydrogens (tertiary/aromatic N) is 1. The van der Waals surface area contributed by atoms with E-state index in [-0.39, 0.29) is 21.3 Å². The fourth-order valence-corrected chi connectivity index (χ4v) is 2.90. The Bertz CT molecular complexity index is 808. The lowest BCUT2D eigenvalue weighted by Gasteiger charge is -2.08. The lowest BCUT2D eigenvalue weighted by molar-refractivity contribution is -0.384. The lowest BCUT2D eigenvalue weighted by atomic mass is 10.3. The molecule has 2 rings (SSSR count). The molecule has 0 amide bonds. The number of nitrogens with one attached hydrogen (secondary N) is 1. The Morgan fingerprint density at radius 1 is 1.19 bits per heavy atom. The van der Waals surface area contributed by atoms with Gasteiger partial charge in [-0.3, -0.25) is 14.8 Å². The van der Waals surface area contributed by atoms with Crippen molar-refractivity contribution in [3.8, 4) is 0 Å². The summed E-state index contributed by atoms with van der Waals surface area (Å²) in [5.41, 5.74) is 5.48. The summed E-state index contributed by atoms with van der Waals surface area (Å²) in [5.74, 6) is 0. The van der Waals surface area contributed by atoms with E-state index in [1.165, 1.54) is 30.3 Å². The molecule has 0 aliphatic heterocycles. The van der Waals surface area contributed by atoms with Crippen molar-refractivity contribution in [1.82, 2.24) is 0 Å². The van der Waals surface area contributed by atoms with E-state index in [0.29, 0.717) is 5.69 Å². The Morgan fingerprint density at radius 3 is 2.52 bits per heavy atom. The number of anilines is 2. The van der Waals surface area contributed by atoms with Crippen LogP contribution in [0.2, 0.25) is 5.02 Å². The standard InChI is InChI=1S/C12H10ClN3O4S/c13-11-5-4-9(7-12(11)16(17)18)15-21(19,20)10-3-1-2-8(14)6-10/h1-7,15H,14H2. The van der Waals surface area contributed by atoms with Gasteiger partial charge < -0.3 is 5.73 Å². The summed E-state index contributed by atoms with van der Waals surface area (Å²) >= 11 is 5.66. The van der Waals surface area contributed by atoms with Crippen LogP contribution in [0.4, 0.5) is 17.1 Å². The van der Waals surface area contributed by atoms with Crippen molar-refractivity contribution in [2.45, 2.75) is 4.90 Å². The van der Waals surface area contributed by atoms with Crippen LogP contribution in [0.3, 0.4) is 0 Å². The van der Waals surface area contributed by atoms with Crippen LogP contribution in [0.25, 0.3) is 0 Å². The molecule has 0 radical (unpaired) electrons. The minimum atomic E-state index is -3.89. The SMILES string of the molecule is Nc1cccc(S(=O)(=O)Nc2ccc(Cl)c([N+](=O)[O-])c2)c1. The number of nitro groups is 1. The molecule has 21 heavy (non-hydrogen) atoms. The van der Waals surface area contributed by atoms with Gasteiger partial charge in [-0.2, -0.15) is 0 Å². The molecule has 0 aromatic heterocycles. The maximum absolute atomic E-state index is 12.2. The van der Waals surface area contributed by atoms with Crippen LogP contribution in [0, 0.1) is 10.1 Å². The number of nitrogens with two attached hydrogens (primary N) is 1. The quantitative estimate of drug-likeness (QED) is 0.508. The maximum atomic E-state index is 12.2. The molecule has 0 fully saturated rings. The summed E-state index contributed by atoms with van der Waals surface area (Å²) in [6, 6.07) is 9.32. The summed E-state index contributed by atoms with van der Waals surface area (Å²) in [7, 11) is -3.89. The van der Waals surface area contributed by atoms with Gasteiger partial charge in [0.1, 0.15) is 5.02 Å². The Hall–Kier alpha value is -2.32. The van der Waals surface area contributed by atoms with Crippen molar-refractivity contribution in [2.75, 3.05) is 10.5 Å². The average molecular weight is 328 g/mol. The first-order valence-corrected chi connectivity index (χ1v) is 7.48. The van der Waals surface area contributed by atoms with Gasteiger partial charge in [-0.15, -0.1) is 0 Å². The van der Waals surface area contributed by atoms with Gasteiger partial charge in [0.25, 0.3) is 15.7 Å². The molecule has 0 saturated heterocycles. The zero-order valence-electron chi connectivity index (χ0n) is 10.5. The van der Waals surface area contributed by atoms with Crippen LogP contribution < -0.4 is 10.5 Å². The van der Waals surface area contributed by atoms with Crippen LogP contribution in [-0.4, -0.2) is 13.3 Å². The van der Waals surface area contributed by atoms with Gasteiger partial charge in [-0.25, -0.2) is 8.42 Å². The summed E-state index contributed by atoms with van der Waals surface area (Å²) in [4.78, 5) is 10.0. The predicted molar refractivity (Wildman–Crippen MR) is 79.8 cm³/mol. The van der Waals surface area contributed by atoms with Gasteiger partial charge in [0.15, 0.2) is 0 Å². The Kier molecular flexibility index (Phi) is 4.01. The first-order valence-electron chi connectivity index (χ1n) is 5.62. The number of nitrogen functional groups attached to an aromatic ring is 1. The minimum Gasteiger partial charge on any atom is -0.399 e. The molecule has 110 valence electrons. The normalized spacial score (nSPS) is 11.1. The van der Waals surface area contributed by atoms with Gasteiger partial charge in [-0.05, 0) is 30.3 Å². The molecular weight excluding hydrogens is 318 g/mol. The van der Waals surface area contributed by atoms with Crippen molar-refractivity contribution >= 4 is 38.7 Å². The molecule has 0 spiro atoms. The first-order chi connectivity index (χ1) is 9.79. The first kappa shape index (κ1) is 15.1. The predicted octanol–water partition coefficient (Wildman–Crippen LogP) is 2.63. The minimum absolute atomic E-state index is 0.0357. The van der Waals surface area contributed by atoms with Crippen molar-refractivity contribution in [3.05, 3.63) is 57.6 Å². The highest BCUT2D eigenvalue weighted by Gasteiger charge is 2.18. The number of hydrogen-bond donors (Lipinski definition) is 2. The van der Waals surface area contributed by atoms with Gasteiger partial charge in [0.05, 0.1) is 15.5 Å². The molecule has 0 saturated carbocycles. The Balaban J connectivity index is 2.37. The number of sulfonamides is 1. The van der Waals surface area contributed by atoms with E-state index >= 15 is 0 Å². The fraction of sp³-hybridized carbons (Fsp3) is 0. The summed E-state index contributed by atoms with van der Waals surface area (Å²) in [6.45, 7) is 0. The highest BCUT2D eigenvalue weighted by molar-refractivity contribution is 7.92. The zero-order chi connectivity index (χ0) is 15.6. The number of halogens is 1. The third-order valence-electron chi connectivity index (χ3n) is 2.56. The van der Waals surface area contributed by atoms with Crippen molar-refractivity contribution in [2.24, 2.45) is 0 Å². The molecule has 0 unspecified atom stereocenters. The van der Waals surface area contributed by atoms with E-state index in [9.17, 15) is 18.5 Å². The molecule has 2 aromatic carbocycles. The van der Waals surface area contributed by atoms with Crippen molar-refractivity contribution in [3.63, 3.8) is 0 Å². The van der Waals surface area contributed by atoms with Crippen LogP contribution in [0.1, 0.15) is 0 Å². The van der Waals surface area contributed by atoms with E-state index in [1.54, 1.807) is 6.07 Å². The van der Waals surface area contributed by atoms with Gasteiger partial charge in [0, 0.05) is 11.8 Å². The molecule has 0 aliphatic carbocycles. The number of rotatable bonds is 4. The van der Waals surface area contributed by atoms with E-state index in [2.05, 4.69) is 4.72 Å². The maximum Gasteiger partial charge on any atom is 0.289 e.